The largest absolute Gasteiger partial charge is 0.370 e. The van der Waals surface area contributed by atoms with E-state index in [1.54, 1.807) is 27.7 Å². The highest BCUT2D eigenvalue weighted by atomic mass is 32.2. The number of hydrogen-bond acceptors (Lipinski definition) is 6. The van der Waals surface area contributed by atoms with Crippen LogP contribution in [0.5, 0.6) is 0 Å². The zero-order valence-corrected chi connectivity index (χ0v) is 19.7. The Kier molecular flexibility index (Phi) is 4.84. The lowest BCUT2D eigenvalue weighted by atomic mass is 9.94. The van der Waals surface area contributed by atoms with Gasteiger partial charge in [0.25, 0.3) is 5.56 Å². The molecule has 0 saturated carbocycles. The van der Waals surface area contributed by atoms with Crippen molar-refractivity contribution in [3.8, 4) is 5.69 Å². The number of thiophene rings is 1. The number of thioether (sulfide) groups is 1. The molecule has 0 fully saturated rings. The molecular formula is C23H24N4O2S2. The van der Waals surface area contributed by atoms with Crippen LogP contribution in [-0.2, 0) is 17.8 Å². The average molecular weight is 453 g/mol. The van der Waals surface area contributed by atoms with Gasteiger partial charge in [0.05, 0.1) is 23.3 Å². The van der Waals surface area contributed by atoms with E-state index in [1.807, 2.05) is 42.5 Å². The maximum absolute atomic E-state index is 13.9. The normalized spacial score (nSPS) is 15.5. The summed E-state index contributed by atoms with van der Waals surface area (Å²) in [7, 11) is 0. The highest BCUT2D eigenvalue weighted by molar-refractivity contribution is 7.99. The molecule has 0 amide bonds. The molecule has 1 aromatic carbocycles. The Hall–Kier alpha value is -2.42. The first-order valence-corrected chi connectivity index (χ1v) is 12.0. The summed E-state index contributed by atoms with van der Waals surface area (Å²) in [6, 6.07) is 7.94. The zero-order valence-electron chi connectivity index (χ0n) is 18.1. The quantitative estimate of drug-likeness (QED) is 0.325. The first kappa shape index (κ1) is 20.5. The molecule has 4 heterocycles. The number of aromatic nitrogens is 4. The van der Waals surface area contributed by atoms with Crippen LogP contribution in [0.2, 0.25) is 0 Å². The molecule has 0 spiro atoms. The minimum absolute atomic E-state index is 0.0506. The van der Waals surface area contributed by atoms with Gasteiger partial charge in [0, 0.05) is 17.1 Å². The zero-order chi connectivity index (χ0) is 21.9. The van der Waals surface area contributed by atoms with Crippen LogP contribution in [-0.4, -0.2) is 30.5 Å². The van der Waals surface area contributed by atoms with E-state index in [0.717, 1.165) is 48.4 Å². The van der Waals surface area contributed by atoms with Crippen molar-refractivity contribution in [2.24, 2.45) is 0 Å². The SMILES string of the molecule is C=C(C)CSc1nnc2n(-c3ccc(C)cc3)c(=O)c3c4c(sc3n12)COC(C)(C)C4. The molecule has 0 bridgehead atoms. The van der Waals surface area contributed by atoms with Crippen molar-refractivity contribution < 1.29 is 4.74 Å². The first-order chi connectivity index (χ1) is 14.7. The number of aryl methyl sites for hydroxylation is 1. The van der Waals surface area contributed by atoms with Crippen molar-refractivity contribution in [1.82, 2.24) is 19.2 Å². The molecule has 8 heteroatoms. The van der Waals surface area contributed by atoms with Gasteiger partial charge in [0.1, 0.15) is 4.83 Å². The molecule has 0 N–H and O–H groups in total. The van der Waals surface area contributed by atoms with Crippen molar-refractivity contribution in [2.75, 3.05) is 5.75 Å². The molecule has 0 radical (unpaired) electrons. The van der Waals surface area contributed by atoms with E-state index in [1.165, 1.54) is 0 Å². The second-order valence-electron chi connectivity index (χ2n) is 8.75. The molecule has 1 aliphatic rings. The Morgan fingerprint density at radius 1 is 1.29 bits per heavy atom. The van der Waals surface area contributed by atoms with Crippen LogP contribution >= 0.6 is 23.1 Å². The highest BCUT2D eigenvalue weighted by Gasteiger charge is 2.32. The van der Waals surface area contributed by atoms with Gasteiger partial charge in [0.15, 0.2) is 5.16 Å². The monoisotopic (exact) mass is 452 g/mol. The third-order valence-electron chi connectivity index (χ3n) is 5.44. The van der Waals surface area contributed by atoms with Crippen LogP contribution in [0.1, 0.15) is 36.8 Å². The molecule has 4 aromatic rings. The van der Waals surface area contributed by atoms with E-state index in [-0.39, 0.29) is 11.2 Å². The predicted octanol–water partition coefficient (Wildman–Crippen LogP) is 4.92. The topological polar surface area (TPSA) is 61.4 Å². The molecular weight excluding hydrogens is 428 g/mol. The second kappa shape index (κ2) is 7.32. The van der Waals surface area contributed by atoms with E-state index >= 15 is 0 Å². The Bertz CT molecular complexity index is 1390. The number of benzene rings is 1. The van der Waals surface area contributed by atoms with Crippen molar-refractivity contribution in [3.05, 3.63) is 62.8 Å². The van der Waals surface area contributed by atoms with Gasteiger partial charge in [-0.1, -0.05) is 41.6 Å². The maximum atomic E-state index is 13.9. The van der Waals surface area contributed by atoms with Gasteiger partial charge in [0.2, 0.25) is 5.78 Å². The third kappa shape index (κ3) is 3.43. The van der Waals surface area contributed by atoms with Gasteiger partial charge in [-0.2, -0.15) is 0 Å². The van der Waals surface area contributed by atoms with Crippen molar-refractivity contribution in [2.45, 2.75) is 51.5 Å². The fourth-order valence-corrected chi connectivity index (χ4v) is 5.97. The molecule has 0 saturated heterocycles. The van der Waals surface area contributed by atoms with Gasteiger partial charge in [-0.3, -0.25) is 4.79 Å². The molecule has 3 aromatic heterocycles. The van der Waals surface area contributed by atoms with E-state index in [2.05, 4.69) is 30.6 Å². The van der Waals surface area contributed by atoms with Crippen LogP contribution in [0.3, 0.4) is 0 Å². The van der Waals surface area contributed by atoms with Gasteiger partial charge in [-0.05, 0) is 45.4 Å². The van der Waals surface area contributed by atoms with Gasteiger partial charge in [-0.25, -0.2) is 8.97 Å². The van der Waals surface area contributed by atoms with Crippen molar-refractivity contribution in [3.63, 3.8) is 0 Å². The first-order valence-electron chi connectivity index (χ1n) is 10.2. The standard InChI is InChI=1S/C23H24N4O2S2/c1-13(2)12-30-22-25-24-21-26(15-8-6-14(3)7-9-15)19(28)18-16-10-23(4,5)29-11-17(16)31-20(18)27(21)22/h6-9H,1,10-12H2,2-5H3. The molecule has 160 valence electrons. The summed E-state index contributed by atoms with van der Waals surface area (Å²) in [5, 5.41) is 10.4. The van der Waals surface area contributed by atoms with E-state index in [4.69, 9.17) is 4.74 Å². The second-order valence-corrected chi connectivity index (χ2v) is 10.8. The number of fused-ring (bicyclic) bond motifs is 5. The number of hydrogen-bond donors (Lipinski definition) is 0. The third-order valence-corrected chi connectivity index (χ3v) is 7.80. The minimum atomic E-state index is -0.304. The molecule has 5 rings (SSSR count). The van der Waals surface area contributed by atoms with Gasteiger partial charge in [-0.15, -0.1) is 21.5 Å². The lowest BCUT2D eigenvalue weighted by molar-refractivity contribution is -0.0379. The van der Waals surface area contributed by atoms with Crippen molar-refractivity contribution >= 4 is 39.1 Å². The summed E-state index contributed by atoms with van der Waals surface area (Å²) >= 11 is 3.20. The maximum Gasteiger partial charge on any atom is 0.268 e. The fraction of sp³-hybridized carbons (Fsp3) is 0.348. The van der Waals surface area contributed by atoms with Crippen molar-refractivity contribution in [1.29, 1.82) is 0 Å². The van der Waals surface area contributed by atoms with Crippen LogP contribution in [0, 0.1) is 6.92 Å². The van der Waals surface area contributed by atoms with Gasteiger partial charge >= 0.3 is 0 Å². The van der Waals surface area contributed by atoms with E-state index in [0.29, 0.717) is 18.8 Å². The predicted molar refractivity (Wildman–Crippen MR) is 127 cm³/mol. The Labute approximate surface area is 188 Å². The average Bonchev–Trinajstić information content (AvgIpc) is 3.28. The summed E-state index contributed by atoms with van der Waals surface area (Å²) in [4.78, 5) is 15.9. The molecule has 0 unspecified atom stereocenters. The van der Waals surface area contributed by atoms with Crippen LogP contribution in [0.4, 0.5) is 0 Å². The smallest absolute Gasteiger partial charge is 0.268 e. The van der Waals surface area contributed by atoms with E-state index in [9.17, 15) is 4.79 Å². The van der Waals surface area contributed by atoms with E-state index < -0.39 is 0 Å². The Balaban J connectivity index is 1.87. The number of nitrogens with zero attached hydrogens (tertiary/aromatic N) is 4. The van der Waals surface area contributed by atoms with Gasteiger partial charge < -0.3 is 4.74 Å². The summed E-state index contributed by atoms with van der Waals surface area (Å²) in [6.45, 7) is 12.7. The summed E-state index contributed by atoms with van der Waals surface area (Å²) in [6.07, 6.45) is 0.702. The molecule has 6 nitrogen and oxygen atoms in total. The summed E-state index contributed by atoms with van der Waals surface area (Å²) in [5.74, 6) is 1.28. The number of rotatable bonds is 4. The lowest BCUT2D eigenvalue weighted by Gasteiger charge is -2.29. The molecule has 0 atom stereocenters. The van der Waals surface area contributed by atoms with Crippen LogP contribution in [0.25, 0.3) is 21.7 Å². The summed E-state index contributed by atoms with van der Waals surface area (Å²) in [5.41, 5.74) is 3.73. The summed E-state index contributed by atoms with van der Waals surface area (Å²) < 4.78 is 9.75. The minimum Gasteiger partial charge on any atom is -0.370 e. The molecule has 0 aliphatic carbocycles. The fourth-order valence-electron chi connectivity index (χ4n) is 3.91. The lowest BCUT2D eigenvalue weighted by Crippen LogP contribution is -2.32. The van der Waals surface area contributed by atoms with Crippen LogP contribution < -0.4 is 5.56 Å². The number of ether oxygens (including phenoxy) is 1. The Morgan fingerprint density at radius 3 is 2.74 bits per heavy atom. The van der Waals surface area contributed by atoms with Crippen LogP contribution in [0.15, 0.2) is 46.4 Å². The molecule has 1 aliphatic heterocycles. The highest BCUT2D eigenvalue weighted by Crippen LogP contribution is 2.39. The molecule has 31 heavy (non-hydrogen) atoms. The Morgan fingerprint density at radius 2 is 2.03 bits per heavy atom.